The molecule has 8 aromatic heterocycles. The molecular weight excluding hydrogens is 1220 g/mol. The standard InChI is InChI=1S/C34H33F2N3O5.C15H18ClN3O2.C9H7ClN2O.C8H5ClN2O/c35-25-5-2-23(3-6-25)19-31(40)34(9-10-34)32(41)20-24-4-7-30(27(36)18-24)44-29-8-11-37-28-21-33(38-22-26(28)29)43-15-1-12-39-13-16-42-17-14-39;16-13-2-3-17-14-10-15(18-11-12(13)14)21-7-1-4-19-5-8-20-9-6-19;1-13-9-4-8-6(5-12-9)7(10)2-3-11-8;9-6-1-2-10-7-3-8(12)11-4-5(6)7/h2-8,11,18,21-22H,1,9-10,12-17,19-20H2;2-3,10-11H,1,4-9H2;2-5H,1H3;1-4H,(H,11,12). The predicted octanol–water partition coefficient (Wildman–Crippen LogP) is 11.8. The molecule has 0 spiro atoms. The summed E-state index contributed by atoms with van der Waals surface area (Å²) in [6, 6.07) is 23.6. The van der Waals surface area contributed by atoms with Crippen molar-refractivity contribution in [2.75, 3.05) is 86.0 Å². The van der Waals surface area contributed by atoms with Gasteiger partial charge in [0.25, 0.3) is 0 Å². The zero-order chi connectivity index (χ0) is 62.8. The van der Waals surface area contributed by atoms with Crippen molar-refractivity contribution in [3.8, 4) is 29.1 Å². The van der Waals surface area contributed by atoms with Crippen molar-refractivity contribution in [3.63, 3.8) is 0 Å². The smallest absolute Gasteiger partial charge is 0.250 e. The Morgan fingerprint density at radius 3 is 1.56 bits per heavy atom. The molecule has 3 aliphatic rings. The summed E-state index contributed by atoms with van der Waals surface area (Å²) in [5.41, 5.74) is 2.71. The normalized spacial score (nSPS) is 14.5. The van der Waals surface area contributed by atoms with Gasteiger partial charge in [0.05, 0.1) is 94.7 Å². The average molecular weight is 1280 g/mol. The van der Waals surface area contributed by atoms with E-state index in [1.54, 1.807) is 111 Å². The molecule has 2 aromatic carbocycles. The first-order valence-electron chi connectivity index (χ1n) is 29.2. The topological polar surface area (TPSA) is 219 Å². The van der Waals surface area contributed by atoms with E-state index in [0.29, 0.717) is 92.1 Å². The van der Waals surface area contributed by atoms with Crippen LogP contribution in [0.5, 0.6) is 29.1 Å². The van der Waals surface area contributed by atoms with Crippen LogP contribution in [0.25, 0.3) is 43.6 Å². The fraction of sp³-hybridized carbons (Fsp3) is 0.303. The fourth-order valence-corrected chi connectivity index (χ4v) is 10.6. The molecule has 0 atom stereocenters. The molecule has 466 valence electrons. The van der Waals surface area contributed by atoms with E-state index in [9.17, 15) is 18.8 Å². The SMILES string of the molecule is COc1cc2nccc(Cl)c2cn1.Clc1ccnc2cc(OCCCN3CCOCC3)ncc12.O=C(Cc1ccc(F)cc1)C1(C(=O)Cc2ccc(Oc3ccnc4cc(OCCCN5CCOCC5)ncc34)c(F)c2)CC1.O=c1cc2nccc(Cl)c2c[nH]1. The highest BCUT2D eigenvalue weighted by atomic mass is 35.5. The highest BCUT2D eigenvalue weighted by Gasteiger charge is 2.54. The van der Waals surface area contributed by atoms with Gasteiger partial charge < -0.3 is 33.4 Å². The second-order valence-electron chi connectivity index (χ2n) is 21.2. The summed E-state index contributed by atoms with van der Waals surface area (Å²) >= 11 is 17.9. The Morgan fingerprint density at radius 1 is 0.556 bits per heavy atom. The summed E-state index contributed by atoms with van der Waals surface area (Å²) in [5.74, 6) is 0.535. The number of carbonyl (C=O) groups is 2. The maximum absolute atomic E-state index is 15.2. The Morgan fingerprint density at radius 2 is 1.02 bits per heavy atom. The van der Waals surface area contributed by atoms with Gasteiger partial charge in [-0.2, -0.15) is 0 Å². The van der Waals surface area contributed by atoms with Crippen LogP contribution in [0.4, 0.5) is 8.78 Å². The van der Waals surface area contributed by atoms with Gasteiger partial charge in [0, 0.05) is 142 Å². The number of nitrogens with zero attached hydrogens (tertiary/aromatic N) is 9. The maximum atomic E-state index is 15.2. The monoisotopic (exact) mass is 1280 g/mol. The van der Waals surface area contributed by atoms with Gasteiger partial charge in [-0.3, -0.25) is 44.1 Å². The van der Waals surface area contributed by atoms with E-state index < -0.39 is 11.2 Å². The first-order valence-corrected chi connectivity index (χ1v) is 30.3. The van der Waals surface area contributed by atoms with E-state index >= 15 is 4.39 Å². The number of aromatic amines is 1. The summed E-state index contributed by atoms with van der Waals surface area (Å²) < 4.78 is 61.5. The number of methoxy groups -OCH3 is 1. The van der Waals surface area contributed by atoms with Crippen LogP contribution in [0.15, 0.2) is 145 Å². The number of H-pyrrole nitrogens is 1. The van der Waals surface area contributed by atoms with E-state index in [1.807, 2.05) is 6.07 Å². The molecular formula is C66H63Cl3F2N10O9. The Kier molecular flexibility index (Phi) is 22.5. The fourth-order valence-electron chi connectivity index (χ4n) is 9.95. The van der Waals surface area contributed by atoms with Crippen LogP contribution in [0, 0.1) is 17.0 Å². The first-order chi connectivity index (χ1) is 43.8. The number of benzene rings is 2. The number of morpholine rings is 2. The number of Topliss-reactive ketones (excluding diaryl/α,β-unsaturated/α-hetero) is 2. The Hall–Kier alpha value is -8.41. The van der Waals surface area contributed by atoms with Crippen LogP contribution in [-0.4, -0.2) is 147 Å². The second kappa shape index (κ2) is 31.4. The van der Waals surface area contributed by atoms with Crippen molar-refractivity contribution in [1.82, 2.24) is 49.7 Å². The molecule has 90 heavy (non-hydrogen) atoms. The molecule has 1 N–H and O–H groups in total. The van der Waals surface area contributed by atoms with Gasteiger partial charge in [-0.25, -0.2) is 23.7 Å². The summed E-state index contributed by atoms with van der Waals surface area (Å²) in [5, 5.41) is 4.95. The average Bonchev–Trinajstić information content (AvgIpc) is 4.29. The van der Waals surface area contributed by atoms with E-state index in [4.69, 9.17) is 63.2 Å². The summed E-state index contributed by atoms with van der Waals surface area (Å²) in [7, 11) is 1.57. The van der Waals surface area contributed by atoms with Crippen molar-refractivity contribution in [1.29, 1.82) is 0 Å². The zero-order valence-corrected chi connectivity index (χ0v) is 51.4. The molecule has 2 aliphatic heterocycles. The third-order valence-corrected chi connectivity index (χ3v) is 16.1. The number of hydrogen-bond acceptors (Lipinski definition) is 18. The Labute approximate surface area is 531 Å². The summed E-state index contributed by atoms with van der Waals surface area (Å²) in [6.45, 7) is 10.2. The van der Waals surface area contributed by atoms with Crippen molar-refractivity contribution >= 4 is 90.0 Å². The molecule has 19 nitrogen and oxygen atoms in total. The molecule has 10 aromatic rings. The maximum Gasteiger partial charge on any atom is 0.250 e. The van der Waals surface area contributed by atoms with E-state index in [0.717, 1.165) is 106 Å². The van der Waals surface area contributed by atoms with E-state index in [2.05, 4.69) is 49.7 Å². The molecule has 1 saturated carbocycles. The predicted molar refractivity (Wildman–Crippen MR) is 339 cm³/mol. The molecule has 1 aliphatic carbocycles. The largest absolute Gasteiger partial charge is 0.481 e. The number of rotatable bonds is 19. The lowest BCUT2D eigenvalue weighted by molar-refractivity contribution is -0.133. The van der Waals surface area contributed by atoms with Crippen LogP contribution in [0.1, 0.15) is 36.8 Å². The van der Waals surface area contributed by atoms with Gasteiger partial charge in [-0.1, -0.05) is 53.0 Å². The Balaban J connectivity index is 0.000000157. The van der Waals surface area contributed by atoms with Crippen LogP contribution >= 0.6 is 34.8 Å². The van der Waals surface area contributed by atoms with Crippen LogP contribution in [-0.2, 0) is 31.9 Å². The number of aromatic nitrogens is 8. The highest BCUT2D eigenvalue weighted by Crippen LogP contribution is 2.49. The van der Waals surface area contributed by atoms with Gasteiger partial charge in [0.2, 0.25) is 23.2 Å². The molecule has 10 heterocycles. The van der Waals surface area contributed by atoms with Crippen LogP contribution in [0.3, 0.4) is 0 Å². The van der Waals surface area contributed by atoms with Crippen LogP contribution in [0.2, 0.25) is 15.1 Å². The number of halogens is 5. The molecule has 2 saturated heterocycles. The van der Waals surface area contributed by atoms with Gasteiger partial charge in [-0.05, 0) is 85.3 Å². The van der Waals surface area contributed by atoms with Crippen molar-refractivity contribution < 1.29 is 46.8 Å². The Bertz CT molecular complexity index is 4160. The number of fused-ring (bicyclic) bond motifs is 4. The minimum absolute atomic E-state index is 0.00865. The lowest BCUT2D eigenvalue weighted by atomic mass is 9.88. The molecule has 0 unspecified atom stereocenters. The van der Waals surface area contributed by atoms with Crippen LogP contribution < -0.4 is 24.5 Å². The number of hydrogen-bond donors (Lipinski definition) is 1. The number of pyridine rings is 8. The first kappa shape index (κ1) is 64.6. The van der Waals surface area contributed by atoms with Crippen molar-refractivity contribution in [3.05, 3.63) is 189 Å². The molecule has 3 fully saturated rings. The number of carbonyl (C=O) groups excluding carboxylic acids is 2. The van der Waals surface area contributed by atoms with Crippen molar-refractivity contribution in [2.45, 2.75) is 38.5 Å². The third-order valence-electron chi connectivity index (χ3n) is 15.1. The van der Waals surface area contributed by atoms with Gasteiger partial charge in [0.15, 0.2) is 23.1 Å². The quantitative estimate of drug-likeness (QED) is 0.0587. The number of ether oxygens (including phenoxy) is 6. The zero-order valence-electron chi connectivity index (χ0n) is 49.1. The minimum atomic E-state index is -1.05. The van der Waals surface area contributed by atoms with Gasteiger partial charge in [0.1, 0.15) is 11.6 Å². The van der Waals surface area contributed by atoms with Gasteiger partial charge in [-0.15, -0.1) is 0 Å². The molecule has 0 radical (unpaired) electrons. The minimum Gasteiger partial charge on any atom is -0.481 e. The number of ketones is 2. The van der Waals surface area contributed by atoms with E-state index in [-0.39, 0.29) is 41.5 Å². The summed E-state index contributed by atoms with van der Waals surface area (Å²) in [4.78, 5) is 73.7. The highest BCUT2D eigenvalue weighted by molar-refractivity contribution is 6.36. The second-order valence-corrected chi connectivity index (χ2v) is 22.4. The van der Waals surface area contributed by atoms with E-state index in [1.165, 1.54) is 30.3 Å². The molecule has 24 heteroatoms. The number of nitrogens with one attached hydrogen (secondary N) is 1. The van der Waals surface area contributed by atoms with Crippen molar-refractivity contribution in [2.24, 2.45) is 5.41 Å². The molecule has 0 bridgehead atoms. The lowest BCUT2D eigenvalue weighted by Crippen LogP contribution is -2.37. The molecule has 13 rings (SSSR count). The lowest BCUT2D eigenvalue weighted by Gasteiger charge is -2.26. The summed E-state index contributed by atoms with van der Waals surface area (Å²) in [6.07, 6.45) is 15.8. The van der Waals surface area contributed by atoms with Gasteiger partial charge >= 0.3 is 0 Å². The molecule has 0 amide bonds. The third kappa shape index (κ3) is 17.5.